The van der Waals surface area contributed by atoms with E-state index >= 15 is 0 Å². The topological polar surface area (TPSA) is 64.0 Å². The summed E-state index contributed by atoms with van der Waals surface area (Å²) < 4.78 is 24.9. The second-order valence-corrected chi connectivity index (χ2v) is 8.21. The predicted molar refractivity (Wildman–Crippen MR) is 77.9 cm³/mol. The largest absolute Gasteiger partial charge is 0.312 e. The van der Waals surface area contributed by atoms with E-state index in [1.807, 2.05) is 13.2 Å². The molecular weight excluding hydrogens is 262 g/mol. The van der Waals surface area contributed by atoms with Crippen LogP contribution in [0.15, 0.2) is 12.4 Å². The Labute approximate surface area is 116 Å². The number of hydrogen-bond acceptors (Lipinski definition) is 4. The molecule has 1 aromatic heterocycles. The fourth-order valence-electron chi connectivity index (χ4n) is 1.95. The van der Waals surface area contributed by atoms with Crippen LogP contribution in [0.2, 0.25) is 0 Å². The summed E-state index contributed by atoms with van der Waals surface area (Å²) in [4.78, 5) is 0. The molecule has 1 aromatic rings. The van der Waals surface area contributed by atoms with E-state index in [1.54, 1.807) is 24.7 Å². The van der Waals surface area contributed by atoms with Gasteiger partial charge in [-0.05, 0) is 38.8 Å². The van der Waals surface area contributed by atoms with E-state index in [-0.39, 0.29) is 6.04 Å². The van der Waals surface area contributed by atoms with Gasteiger partial charge in [0.1, 0.15) is 0 Å². The van der Waals surface area contributed by atoms with Crippen molar-refractivity contribution in [2.75, 3.05) is 12.8 Å². The molecule has 1 heterocycles. The summed E-state index contributed by atoms with van der Waals surface area (Å²) in [5.74, 6) is 0. The van der Waals surface area contributed by atoms with Crippen LogP contribution in [-0.4, -0.2) is 41.8 Å². The number of rotatable bonds is 7. The molecule has 0 saturated carbocycles. The van der Waals surface area contributed by atoms with Crippen LogP contribution < -0.4 is 5.32 Å². The van der Waals surface area contributed by atoms with Gasteiger partial charge in [-0.3, -0.25) is 4.68 Å². The molecule has 0 radical (unpaired) electrons. The average molecular weight is 287 g/mol. The number of nitrogens with one attached hydrogen (secondary N) is 1. The second kappa shape index (κ2) is 6.05. The Balaban J connectivity index is 2.94. The van der Waals surface area contributed by atoms with Gasteiger partial charge in [-0.2, -0.15) is 5.10 Å². The maximum Gasteiger partial charge on any atom is 0.154 e. The third kappa shape index (κ3) is 4.04. The van der Waals surface area contributed by atoms with E-state index in [4.69, 9.17) is 0 Å². The van der Waals surface area contributed by atoms with Crippen LogP contribution in [0.4, 0.5) is 0 Å². The standard InChI is InChI=1S/C13H25N3O2S/c1-6-7-14-12(13(2,3)19(5,17)18)8-11-9-15-16(4)10-11/h9-10,12,14H,6-8H2,1-5H3. The van der Waals surface area contributed by atoms with Crippen molar-refractivity contribution in [3.8, 4) is 0 Å². The fraction of sp³-hybridized carbons (Fsp3) is 0.769. The number of aryl methyl sites for hydroxylation is 1. The lowest BCUT2D eigenvalue weighted by molar-refractivity contribution is 0.406. The number of aromatic nitrogens is 2. The zero-order chi connectivity index (χ0) is 14.7. The second-order valence-electron chi connectivity index (χ2n) is 5.61. The maximum atomic E-state index is 12.0. The Bertz CT molecular complexity index is 506. The monoisotopic (exact) mass is 287 g/mol. The molecule has 0 bridgehead atoms. The van der Waals surface area contributed by atoms with Crippen LogP contribution >= 0.6 is 0 Å². The summed E-state index contributed by atoms with van der Waals surface area (Å²) in [5, 5.41) is 7.49. The van der Waals surface area contributed by atoms with Crippen LogP contribution in [0.5, 0.6) is 0 Å². The van der Waals surface area contributed by atoms with Gasteiger partial charge in [0.2, 0.25) is 0 Å². The van der Waals surface area contributed by atoms with E-state index in [2.05, 4.69) is 17.3 Å². The van der Waals surface area contributed by atoms with Crippen LogP contribution in [0, 0.1) is 0 Å². The van der Waals surface area contributed by atoms with Crippen LogP contribution in [0.3, 0.4) is 0 Å². The quantitative estimate of drug-likeness (QED) is 0.817. The van der Waals surface area contributed by atoms with Gasteiger partial charge >= 0.3 is 0 Å². The molecule has 0 saturated heterocycles. The summed E-state index contributed by atoms with van der Waals surface area (Å²) in [6.07, 6.45) is 6.66. The Morgan fingerprint density at radius 1 is 1.47 bits per heavy atom. The molecule has 1 atom stereocenters. The van der Waals surface area contributed by atoms with Gasteiger partial charge in [0, 0.05) is 25.5 Å². The van der Waals surface area contributed by atoms with Gasteiger partial charge in [-0.1, -0.05) is 6.92 Å². The van der Waals surface area contributed by atoms with Crippen molar-refractivity contribution in [1.29, 1.82) is 0 Å². The SMILES string of the molecule is CCCNC(Cc1cnn(C)c1)C(C)(C)S(C)(=O)=O. The van der Waals surface area contributed by atoms with Crippen molar-refractivity contribution in [3.63, 3.8) is 0 Å². The molecule has 0 amide bonds. The number of hydrogen-bond donors (Lipinski definition) is 1. The molecular formula is C13H25N3O2S. The third-order valence-electron chi connectivity index (χ3n) is 3.63. The minimum atomic E-state index is -3.14. The van der Waals surface area contributed by atoms with Crippen molar-refractivity contribution in [1.82, 2.24) is 15.1 Å². The third-order valence-corrected chi connectivity index (χ3v) is 5.83. The number of nitrogens with zero attached hydrogens (tertiary/aromatic N) is 2. The average Bonchev–Trinajstić information content (AvgIpc) is 2.68. The van der Waals surface area contributed by atoms with E-state index < -0.39 is 14.6 Å². The normalized spacial score (nSPS) is 14.6. The first-order valence-electron chi connectivity index (χ1n) is 6.59. The van der Waals surface area contributed by atoms with E-state index in [1.165, 1.54) is 6.26 Å². The van der Waals surface area contributed by atoms with Gasteiger partial charge in [-0.25, -0.2) is 8.42 Å². The van der Waals surface area contributed by atoms with Crippen LogP contribution in [0.1, 0.15) is 32.8 Å². The zero-order valence-electron chi connectivity index (χ0n) is 12.5. The highest BCUT2D eigenvalue weighted by Crippen LogP contribution is 2.23. The first-order chi connectivity index (χ1) is 8.68. The van der Waals surface area contributed by atoms with Crippen LogP contribution in [-0.2, 0) is 23.3 Å². The molecule has 0 aromatic carbocycles. The Hall–Kier alpha value is -0.880. The minimum Gasteiger partial charge on any atom is -0.312 e. The summed E-state index contributed by atoms with van der Waals surface area (Å²) in [7, 11) is -1.27. The molecule has 1 rings (SSSR count). The molecule has 0 aliphatic carbocycles. The van der Waals surface area contributed by atoms with Gasteiger partial charge in [0.05, 0.1) is 10.9 Å². The smallest absolute Gasteiger partial charge is 0.154 e. The van der Waals surface area contributed by atoms with Crippen molar-refractivity contribution in [2.45, 2.75) is 44.4 Å². The van der Waals surface area contributed by atoms with E-state index in [0.717, 1.165) is 18.5 Å². The lowest BCUT2D eigenvalue weighted by Gasteiger charge is -2.33. The molecule has 0 aliphatic rings. The molecule has 5 nitrogen and oxygen atoms in total. The molecule has 6 heteroatoms. The van der Waals surface area contributed by atoms with Crippen molar-refractivity contribution in [2.24, 2.45) is 7.05 Å². The van der Waals surface area contributed by atoms with Crippen molar-refractivity contribution in [3.05, 3.63) is 18.0 Å². The van der Waals surface area contributed by atoms with Crippen molar-refractivity contribution < 1.29 is 8.42 Å². The fourth-order valence-corrected chi connectivity index (χ4v) is 2.64. The highest BCUT2D eigenvalue weighted by atomic mass is 32.2. The first-order valence-corrected chi connectivity index (χ1v) is 8.48. The first kappa shape index (κ1) is 16.2. The summed E-state index contributed by atoms with van der Waals surface area (Å²) in [6.45, 7) is 6.45. The molecule has 110 valence electrons. The molecule has 0 fully saturated rings. The van der Waals surface area contributed by atoms with Gasteiger partial charge < -0.3 is 5.32 Å². The summed E-state index contributed by atoms with van der Waals surface area (Å²) >= 11 is 0. The zero-order valence-corrected chi connectivity index (χ0v) is 13.3. The van der Waals surface area contributed by atoms with Crippen molar-refractivity contribution >= 4 is 9.84 Å². The lowest BCUT2D eigenvalue weighted by atomic mass is 9.97. The molecule has 19 heavy (non-hydrogen) atoms. The minimum absolute atomic E-state index is 0.119. The Morgan fingerprint density at radius 2 is 2.11 bits per heavy atom. The Morgan fingerprint density at radius 3 is 2.53 bits per heavy atom. The highest BCUT2D eigenvalue weighted by Gasteiger charge is 2.38. The summed E-state index contributed by atoms with van der Waals surface area (Å²) in [5.41, 5.74) is 1.05. The maximum absolute atomic E-state index is 12.0. The molecule has 1 unspecified atom stereocenters. The van der Waals surface area contributed by atoms with Gasteiger partial charge in [0.15, 0.2) is 9.84 Å². The van der Waals surface area contributed by atoms with Gasteiger partial charge in [-0.15, -0.1) is 0 Å². The van der Waals surface area contributed by atoms with E-state index in [9.17, 15) is 8.42 Å². The number of sulfone groups is 1. The van der Waals surface area contributed by atoms with E-state index in [0.29, 0.717) is 6.42 Å². The highest BCUT2D eigenvalue weighted by molar-refractivity contribution is 7.92. The molecule has 0 aliphatic heterocycles. The van der Waals surface area contributed by atoms with Gasteiger partial charge in [0.25, 0.3) is 0 Å². The predicted octanol–water partition coefficient (Wildman–Crippen LogP) is 1.15. The summed E-state index contributed by atoms with van der Waals surface area (Å²) in [6, 6.07) is -0.119. The lowest BCUT2D eigenvalue weighted by Crippen LogP contribution is -2.52. The van der Waals surface area contributed by atoms with Crippen LogP contribution in [0.25, 0.3) is 0 Å². The Kier molecular flexibility index (Phi) is 5.15. The molecule has 0 spiro atoms. The molecule has 1 N–H and O–H groups in total.